The summed E-state index contributed by atoms with van der Waals surface area (Å²) >= 11 is 0. The standard InChI is InChI=1S/C17H21N3/c1-11(18)16-10-19-17(20-12(16)2)15-8-7-13-5-3-4-6-14(13)9-15/h3-6,10-11,15H,7-9,18H2,1-2H3/t11-,15?/m0/s1. The lowest BCUT2D eigenvalue weighted by Crippen LogP contribution is -2.17. The number of hydrogen-bond acceptors (Lipinski definition) is 3. The van der Waals surface area contributed by atoms with Gasteiger partial charge in [0.15, 0.2) is 0 Å². The first-order valence-corrected chi connectivity index (χ1v) is 7.31. The molecule has 2 N–H and O–H groups in total. The number of fused-ring (bicyclic) bond motifs is 1. The Morgan fingerprint density at radius 3 is 2.70 bits per heavy atom. The molecule has 1 aliphatic rings. The summed E-state index contributed by atoms with van der Waals surface area (Å²) in [4.78, 5) is 9.27. The lowest BCUT2D eigenvalue weighted by atomic mass is 9.83. The Bertz CT molecular complexity index is 619. The van der Waals surface area contributed by atoms with E-state index in [2.05, 4.69) is 29.2 Å². The fraction of sp³-hybridized carbons (Fsp3) is 0.412. The molecule has 1 aromatic carbocycles. The fourth-order valence-corrected chi connectivity index (χ4v) is 3.06. The Hall–Kier alpha value is -1.74. The van der Waals surface area contributed by atoms with Gasteiger partial charge in [-0.25, -0.2) is 9.97 Å². The maximum atomic E-state index is 5.93. The highest BCUT2D eigenvalue weighted by Crippen LogP contribution is 2.31. The summed E-state index contributed by atoms with van der Waals surface area (Å²) in [5, 5.41) is 0. The predicted molar refractivity (Wildman–Crippen MR) is 80.6 cm³/mol. The third-order valence-electron chi connectivity index (χ3n) is 4.24. The molecule has 1 aliphatic carbocycles. The van der Waals surface area contributed by atoms with Gasteiger partial charge in [0, 0.05) is 29.4 Å². The minimum Gasteiger partial charge on any atom is -0.324 e. The maximum Gasteiger partial charge on any atom is 0.131 e. The topological polar surface area (TPSA) is 51.8 Å². The largest absolute Gasteiger partial charge is 0.324 e. The molecular formula is C17H21N3. The van der Waals surface area contributed by atoms with Crippen molar-refractivity contribution in [2.75, 3.05) is 0 Å². The summed E-state index contributed by atoms with van der Waals surface area (Å²) < 4.78 is 0. The summed E-state index contributed by atoms with van der Waals surface area (Å²) in [5.41, 5.74) is 10.9. The molecule has 3 heteroatoms. The van der Waals surface area contributed by atoms with Crippen LogP contribution in [0, 0.1) is 6.92 Å². The third kappa shape index (κ3) is 2.46. The van der Waals surface area contributed by atoms with Gasteiger partial charge in [0.25, 0.3) is 0 Å². The van der Waals surface area contributed by atoms with Crippen LogP contribution in [0.4, 0.5) is 0 Å². The van der Waals surface area contributed by atoms with E-state index in [0.717, 1.165) is 36.3 Å². The zero-order chi connectivity index (χ0) is 14.1. The maximum absolute atomic E-state index is 5.93. The van der Waals surface area contributed by atoms with Crippen molar-refractivity contribution in [2.24, 2.45) is 5.73 Å². The molecule has 0 fully saturated rings. The molecule has 1 unspecified atom stereocenters. The van der Waals surface area contributed by atoms with Crippen LogP contribution in [0.15, 0.2) is 30.5 Å². The van der Waals surface area contributed by atoms with Crippen LogP contribution in [0.25, 0.3) is 0 Å². The zero-order valence-electron chi connectivity index (χ0n) is 12.1. The summed E-state index contributed by atoms with van der Waals surface area (Å²) in [5.74, 6) is 1.41. The average Bonchev–Trinajstić information content (AvgIpc) is 2.46. The Kier molecular flexibility index (Phi) is 3.53. The number of benzene rings is 1. The van der Waals surface area contributed by atoms with Gasteiger partial charge >= 0.3 is 0 Å². The zero-order valence-corrected chi connectivity index (χ0v) is 12.1. The van der Waals surface area contributed by atoms with Gasteiger partial charge in [-0.3, -0.25) is 0 Å². The first-order chi connectivity index (χ1) is 9.65. The highest BCUT2D eigenvalue weighted by Gasteiger charge is 2.22. The molecule has 104 valence electrons. The van der Waals surface area contributed by atoms with Gasteiger partial charge in [-0.15, -0.1) is 0 Å². The van der Waals surface area contributed by atoms with Crippen molar-refractivity contribution < 1.29 is 0 Å². The SMILES string of the molecule is Cc1nc(C2CCc3ccccc3C2)ncc1[C@H](C)N. The number of hydrogen-bond donors (Lipinski definition) is 1. The van der Waals surface area contributed by atoms with Crippen LogP contribution >= 0.6 is 0 Å². The number of aryl methyl sites for hydroxylation is 2. The average molecular weight is 267 g/mol. The monoisotopic (exact) mass is 267 g/mol. The van der Waals surface area contributed by atoms with Crippen LogP contribution in [0.3, 0.4) is 0 Å². The molecule has 0 radical (unpaired) electrons. The van der Waals surface area contributed by atoms with Crippen molar-refractivity contribution >= 4 is 0 Å². The van der Waals surface area contributed by atoms with Crippen molar-refractivity contribution in [3.8, 4) is 0 Å². The van der Waals surface area contributed by atoms with Crippen LogP contribution in [-0.2, 0) is 12.8 Å². The summed E-state index contributed by atoms with van der Waals surface area (Å²) in [6.07, 6.45) is 5.21. The Labute approximate surface area is 120 Å². The van der Waals surface area contributed by atoms with E-state index in [1.165, 1.54) is 11.1 Å². The molecule has 0 aliphatic heterocycles. The molecule has 2 aromatic rings. The molecular weight excluding hydrogens is 246 g/mol. The second-order valence-electron chi connectivity index (χ2n) is 5.77. The van der Waals surface area contributed by atoms with Crippen molar-refractivity contribution in [2.45, 2.75) is 45.1 Å². The Morgan fingerprint density at radius 1 is 1.25 bits per heavy atom. The number of nitrogens with zero attached hydrogens (tertiary/aromatic N) is 2. The second-order valence-corrected chi connectivity index (χ2v) is 5.77. The summed E-state index contributed by atoms with van der Waals surface area (Å²) in [6, 6.07) is 8.70. The van der Waals surface area contributed by atoms with E-state index in [9.17, 15) is 0 Å². The lowest BCUT2D eigenvalue weighted by Gasteiger charge is -2.24. The molecule has 1 heterocycles. The van der Waals surface area contributed by atoms with Gasteiger partial charge in [0.1, 0.15) is 5.82 Å². The first kappa shape index (κ1) is 13.3. The van der Waals surface area contributed by atoms with Crippen molar-refractivity contribution in [1.82, 2.24) is 9.97 Å². The summed E-state index contributed by atoms with van der Waals surface area (Å²) in [6.45, 7) is 4.00. The number of aromatic nitrogens is 2. The number of rotatable bonds is 2. The predicted octanol–water partition coefficient (Wildman–Crippen LogP) is 3.08. The molecule has 3 nitrogen and oxygen atoms in total. The molecule has 0 saturated carbocycles. The fourth-order valence-electron chi connectivity index (χ4n) is 3.06. The van der Waals surface area contributed by atoms with E-state index in [-0.39, 0.29) is 6.04 Å². The van der Waals surface area contributed by atoms with Crippen molar-refractivity contribution in [1.29, 1.82) is 0 Å². The molecule has 3 rings (SSSR count). The van der Waals surface area contributed by atoms with Crippen LogP contribution < -0.4 is 5.73 Å². The molecule has 0 saturated heterocycles. The van der Waals surface area contributed by atoms with Gasteiger partial charge < -0.3 is 5.73 Å². The normalized spacial score (nSPS) is 19.4. The van der Waals surface area contributed by atoms with E-state index in [4.69, 9.17) is 10.7 Å². The minimum absolute atomic E-state index is 0.00358. The first-order valence-electron chi connectivity index (χ1n) is 7.31. The van der Waals surface area contributed by atoms with Crippen LogP contribution in [-0.4, -0.2) is 9.97 Å². The minimum atomic E-state index is -0.00358. The van der Waals surface area contributed by atoms with Crippen LogP contribution in [0.1, 0.15) is 53.5 Å². The lowest BCUT2D eigenvalue weighted by molar-refractivity contribution is 0.551. The molecule has 20 heavy (non-hydrogen) atoms. The van der Waals surface area contributed by atoms with E-state index >= 15 is 0 Å². The van der Waals surface area contributed by atoms with E-state index in [1.54, 1.807) is 0 Å². The quantitative estimate of drug-likeness (QED) is 0.909. The number of nitrogens with two attached hydrogens (primary N) is 1. The third-order valence-corrected chi connectivity index (χ3v) is 4.24. The van der Waals surface area contributed by atoms with Gasteiger partial charge in [-0.2, -0.15) is 0 Å². The molecule has 2 atom stereocenters. The molecule has 1 aromatic heterocycles. The van der Waals surface area contributed by atoms with Crippen LogP contribution in [0.2, 0.25) is 0 Å². The molecule has 0 amide bonds. The Balaban J connectivity index is 1.86. The van der Waals surface area contributed by atoms with Crippen molar-refractivity contribution in [3.05, 3.63) is 58.7 Å². The van der Waals surface area contributed by atoms with E-state index in [1.807, 2.05) is 20.0 Å². The highest BCUT2D eigenvalue weighted by molar-refractivity contribution is 5.32. The van der Waals surface area contributed by atoms with E-state index < -0.39 is 0 Å². The van der Waals surface area contributed by atoms with Gasteiger partial charge in [0.05, 0.1) is 0 Å². The van der Waals surface area contributed by atoms with Gasteiger partial charge in [-0.05, 0) is 44.2 Å². The van der Waals surface area contributed by atoms with E-state index in [0.29, 0.717) is 5.92 Å². The smallest absolute Gasteiger partial charge is 0.131 e. The highest BCUT2D eigenvalue weighted by atomic mass is 14.9. The summed E-state index contributed by atoms with van der Waals surface area (Å²) in [7, 11) is 0. The molecule has 0 spiro atoms. The second kappa shape index (κ2) is 5.33. The van der Waals surface area contributed by atoms with Gasteiger partial charge in [0.2, 0.25) is 0 Å². The Morgan fingerprint density at radius 2 is 2.00 bits per heavy atom. The van der Waals surface area contributed by atoms with Gasteiger partial charge in [-0.1, -0.05) is 24.3 Å². The molecule has 0 bridgehead atoms. The van der Waals surface area contributed by atoms with Crippen LogP contribution in [0.5, 0.6) is 0 Å². The van der Waals surface area contributed by atoms with Crippen molar-refractivity contribution in [3.63, 3.8) is 0 Å².